The molecule has 0 bridgehead atoms. The van der Waals surface area contributed by atoms with Crippen LogP contribution in [0.1, 0.15) is 12.0 Å². The van der Waals surface area contributed by atoms with Crippen LogP contribution in [0.25, 0.3) is 0 Å². The SMILES string of the molecule is O=CO.[Br][Mg][CH2]CCc1ccccc1. The molecule has 0 heterocycles. The molecular formula is C10H13BrMgO2. The molecular weight excluding hydrogens is 256 g/mol. The van der Waals surface area contributed by atoms with Crippen molar-refractivity contribution in [3.63, 3.8) is 0 Å². The van der Waals surface area contributed by atoms with Crippen molar-refractivity contribution >= 4 is 37.5 Å². The Balaban J connectivity index is 0.000000500. The van der Waals surface area contributed by atoms with Crippen molar-refractivity contribution in [1.29, 1.82) is 0 Å². The summed E-state index contributed by atoms with van der Waals surface area (Å²) in [4.78, 5) is 8.36. The third-order valence-electron chi connectivity index (χ3n) is 1.69. The number of carbonyl (C=O) groups is 1. The zero-order valence-corrected chi connectivity index (χ0v) is 11.0. The second kappa shape index (κ2) is 11.0. The van der Waals surface area contributed by atoms with E-state index in [1.807, 2.05) is 0 Å². The maximum atomic E-state index is 8.36. The second-order valence-electron chi connectivity index (χ2n) is 2.74. The predicted molar refractivity (Wildman–Crippen MR) is 62.9 cm³/mol. The van der Waals surface area contributed by atoms with Gasteiger partial charge < -0.3 is 18.0 Å². The number of hydrogen-bond acceptors (Lipinski definition) is 1. The fourth-order valence-electron chi connectivity index (χ4n) is 1.07. The van der Waals surface area contributed by atoms with Crippen molar-refractivity contribution in [2.24, 2.45) is 0 Å². The minimum absolute atomic E-state index is 0.111. The Kier molecular flexibility index (Phi) is 11.0. The van der Waals surface area contributed by atoms with Crippen molar-refractivity contribution in [2.75, 3.05) is 0 Å². The van der Waals surface area contributed by atoms with Gasteiger partial charge in [-0.15, -0.1) is 4.55 Å². The zero-order valence-electron chi connectivity index (χ0n) is 8.03. The van der Waals surface area contributed by atoms with Gasteiger partial charge in [0.1, 0.15) is 0 Å². The average Bonchev–Trinajstić information content (AvgIpc) is 2.21. The highest BCUT2D eigenvalue weighted by Crippen LogP contribution is 2.04. The van der Waals surface area contributed by atoms with Crippen LogP contribution in [0.3, 0.4) is 0 Å². The quantitative estimate of drug-likeness (QED) is 0.518. The molecule has 0 amide bonds. The lowest BCUT2D eigenvalue weighted by Crippen LogP contribution is -1.85. The smallest absolute Gasteiger partial charge is 0.468 e. The highest BCUT2D eigenvalue weighted by atomic mass is 79.9. The molecule has 0 aliphatic heterocycles. The van der Waals surface area contributed by atoms with Gasteiger partial charge in [-0.2, -0.15) is 0 Å². The molecule has 0 fully saturated rings. The van der Waals surface area contributed by atoms with Gasteiger partial charge in [-0.3, -0.25) is 4.79 Å². The molecule has 0 radical (unpaired) electrons. The lowest BCUT2D eigenvalue weighted by Gasteiger charge is -1.97. The van der Waals surface area contributed by atoms with Crippen LogP contribution in [0, 0.1) is 0 Å². The van der Waals surface area contributed by atoms with Gasteiger partial charge in [0.05, 0.1) is 0 Å². The Hall–Kier alpha value is -0.0638. The predicted octanol–water partition coefficient (Wildman–Crippen LogP) is 2.75. The van der Waals surface area contributed by atoms with Crippen LogP contribution < -0.4 is 0 Å². The normalized spacial score (nSPS) is 8.07. The number of aryl methyl sites for hydroxylation is 1. The first kappa shape index (κ1) is 13.9. The fraction of sp³-hybridized carbons (Fsp3) is 0.300. The zero-order chi connectivity index (χ0) is 10.6. The highest BCUT2D eigenvalue weighted by molar-refractivity contribution is 9.23. The molecule has 74 valence electrons. The van der Waals surface area contributed by atoms with Gasteiger partial charge in [0.15, 0.2) is 0 Å². The first-order chi connectivity index (χ1) is 6.85. The van der Waals surface area contributed by atoms with Crippen LogP contribution in [0.15, 0.2) is 30.3 Å². The monoisotopic (exact) mass is 268 g/mol. The summed E-state index contributed by atoms with van der Waals surface area (Å²) in [6.07, 6.45) is 2.60. The topological polar surface area (TPSA) is 37.3 Å². The molecule has 0 unspecified atom stereocenters. The van der Waals surface area contributed by atoms with E-state index in [1.165, 1.54) is 23.0 Å². The van der Waals surface area contributed by atoms with Gasteiger partial charge in [0.25, 0.3) is 6.47 Å². The molecule has 0 saturated carbocycles. The molecule has 0 aliphatic rings. The third kappa shape index (κ3) is 8.53. The van der Waals surface area contributed by atoms with Crippen molar-refractivity contribution in [2.45, 2.75) is 17.4 Å². The Morgan fingerprint density at radius 1 is 1.36 bits per heavy atom. The van der Waals surface area contributed by atoms with E-state index >= 15 is 0 Å². The molecule has 0 saturated heterocycles. The Morgan fingerprint density at radius 2 is 1.93 bits per heavy atom. The maximum absolute atomic E-state index is 8.36. The van der Waals surface area contributed by atoms with Crippen LogP contribution in [-0.2, 0) is 11.2 Å². The van der Waals surface area contributed by atoms with Crippen LogP contribution in [-0.4, -0.2) is 29.8 Å². The lowest BCUT2D eigenvalue weighted by molar-refractivity contribution is -0.122. The number of halogens is 1. The summed E-state index contributed by atoms with van der Waals surface area (Å²) in [5.41, 5.74) is 1.47. The van der Waals surface area contributed by atoms with E-state index in [1.54, 1.807) is 0 Å². The largest absolute Gasteiger partial charge is 0.483 e. The van der Waals surface area contributed by atoms with Crippen LogP contribution in [0.4, 0.5) is 0 Å². The molecule has 0 spiro atoms. The van der Waals surface area contributed by atoms with Gasteiger partial charge in [0.2, 0.25) is 0 Å². The number of rotatable bonds is 4. The minimum atomic E-state index is -0.250. The number of benzene rings is 1. The Labute approximate surface area is 100 Å². The summed E-state index contributed by atoms with van der Waals surface area (Å²) in [6, 6.07) is 10.7. The summed E-state index contributed by atoms with van der Waals surface area (Å²) in [6.45, 7) is -0.250. The van der Waals surface area contributed by atoms with Crippen molar-refractivity contribution in [3.8, 4) is 0 Å². The van der Waals surface area contributed by atoms with Crippen molar-refractivity contribution < 1.29 is 9.90 Å². The molecule has 0 aromatic heterocycles. The van der Waals surface area contributed by atoms with E-state index < -0.39 is 0 Å². The van der Waals surface area contributed by atoms with Gasteiger partial charge in [-0.25, -0.2) is 0 Å². The van der Waals surface area contributed by atoms with E-state index in [9.17, 15) is 0 Å². The molecule has 0 aliphatic carbocycles. The standard InChI is InChI=1S/C9H11.CH2O2.BrH.Mg/c1-2-6-9-7-4-3-5-8-9;2-1-3;;/h3-5,7-8H,1-2,6H2;1H,(H,2,3);1H;/q;;;+1/p-1. The number of hydrogen-bond donors (Lipinski definition) is 1. The summed E-state index contributed by atoms with van der Waals surface area (Å²) in [5.74, 6) is 0. The van der Waals surface area contributed by atoms with E-state index in [4.69, 9.17) is 9.90 Å². The highest BCUT2D eigenvalue weighted by Gasteiger charge is 1.92. The minimum Gasteiger partial charge on any atom is -0.483 e. The maximum Gasteiger partial charge on any atom is 0.468 e. The molecule has 2 nitrogen and oxygen atoms in total. The van der Waals surface area contributed by atoms with Gasteiger partial charge in [-0.1, -0.05) is 36.8 Å². The number of carboxylic acid groups (broad SMARTS) is 1. The second-order valence-corrected chi connectivity index (χ2v) is 6.20. The summed E-state index contributed by atoms with van der Waals surface area (Å²) in [5, 5.41) is 6.89. The Morgan fingerprint density at radius 3 is 2.43 bits per heavy atom. The van der Waals surface area contributed by atoms with Gasteiger partial charge in [-0.05, 0) is 12.0 Å². The first-order valence-corrected chi connectivity index (χ1v) is 9.42. The van der Waals surface area contributed by atoms with Crippen LogP contribution >= 0.6 is 12.9 Å². The van der Waals surface area contributed by atoms with E-state index in [2.05, 4.69) is 43.2 Å². The average molecular weight is 269 g/mol. The molecule has 1 aromatic carbocycles. The molecule has 1 N–H and O–H groups in total. The fourth-order valence-corrected chi connectivity index (χ4v) is 2.70. The molecule has 0 atom stereocenters. The lowest BCUT2D eigenvalue weighted by atomic mass is 10.1. The summed E-state index contributed by atoms with van der Waals surface area (Å²) >= 11 is 3.67. The molecule has 1 aromatic rings. The summed E-state index contributed by atoms with van der Waals surface area (Å²) < 4.78 is 1.41. The van der Waals surface area contributed by atoms with Crippen LogP contribution in [0.2, 0.25) is 4.55 Å². The summed E-state index contributed by atoms with van der Waals surface area (Å²) in [7, 11) is 0. The van der Waals surface area contributed by atoms with Crippen molar-refractivity contribution in [3.05, 3.63) is 35.9 Å². The van der Waals surface area contributed by atoms with E-state index in [0.29, 0.717) is 0 Å². The first-order valence-electron chi connectivity index (χ1n) is 4.53. The molecule has 1 rings (SSSR count). The van der Waals surface area contributed by atoms with Crippen molar-refractivity contribution in [1.82, 2.24) is 0 Å². The Bertz CT molecular complexity index is 229. The van der Waals surface area contributed by atoms with E-state index in [-0.39, 0.29) is 24.7 Å². The van der Waals surface area contributed by atoms with Gasteiger partial charge in [0, 0.05) is 0 Å². The van der Waals surface area contributed by atoms with E-state index in [0.717, 1.165) is 0 Å². The third-order valence-corrected chi connectivity index (χ3v) is 4.14. The van der Waals surface area contributed by atoms with Crippen LogP contribution in [0.5, 0.6) is 0 Å². The molecule has 14 heavy (non-hydrogen) atoms. The van der Waals surface area contributed by atoms with Gasteiger partial charge >= 0.3 is 18.2 Å². The molecule has 4 heteroatoms.